The molecule has 1 radical (unpaired) electrons. The molecule has 0 aliphatic carbocycles. The van der Waals surface area contributed by atoms with Gasteiger partial charge in [-0.05, 0) is 0 Å². The van der Waals surface area contributed by atoms with Crippen molar-refractivity contribution in [2.45, 2.75) is 46.0 Å². The Morgan fingerprint density at radius 3 is 2.23 bits per heavy atom. The molecule has 0 fully saturated rings. The van der Waals surface area contributed by atoms with Crippen LogP contribution >= 0.6 is 0 Å². The largest absolute Gasteiger partial charge is 0.217 e. The summed E-state index contributed by atoms with van der Waals surface area (Å²) in [5, 5.41) is 0. The van der Waals surface area contributed by atoms with Gasteiger partial charge in [-0.25, -0.2) is 15.0 Å². The van der Waals surface area contributed by atoms with Gasteiger partial charge in [-0.3, -0.25) is 0 Å². The van der Waals surface area contributed by atoms with Crippen LogP contribution in [0.3, 0.4) is 0 Å². The fourth-order valence-corrected chi connectivity index (χ4v) is 0.876. The van der Waals surface area contributed by atoms with E-state index in [1.165, 1.54) is 0 Å². The van der Waals surface area contributed by atoms with Crippen LogP contribution in [0.25, 0.3) is 0 Å². The summed E-state index contributed by atoms with van der Waals surface area (Å²) in [6.45, 7) is 10.4. The van der Waals surface area contributed by atoms with E-state index in [4.69, 9.17) is 0 Å². The minimum absolute atomic E-state index is 0.0247. The van der Waals surface area contributed by atoms with Gasteiger partial charge in [-0.15, -0.1) is 0 Å². The van der Waals surface area contributed by atoms with E-state index in [2.05, 4.69) is 55.9 Å². The van der Waals surface area contributed by atoms with E-state index in [1.54, 1.807) is 0 Å². The molecule has 0 aromatic carbocycles. The third-order valence-corrected chi connectivity index (χ3v) is 1.73. The zero-order valence-electron chi connectivity index (χ0n) is 8.92. The van der Waals surface area contributed by atoms with Gasteiger partial charge in [-0.1, -0.05) is 34.6 Å². The Hall–Kier alpha value is -0.990. The maximum absolute atomic E-state index is 4.39. The van der Waals surface area contributed by atoms with E-state index >= 15 is 0 Å². The molecule has 1 aromatic rings. The zero-order chi connectivity index (χ0) is 10.1. The normalized spacial score (nSPS) is 12.2. The van der Waals surface area contributed by atoms with Crippen LogP contribution in [-0.2, 0) is 5.41 Å². The Labute approximate surface area is 79.6 Å². The van der Waals surface area contributed by atoms with Crippen LogP contribution in [0.4, 0.5) is 0 Å². The maximum atomic E-state index is 4.39. The van der Waals surface area contributed by atoms with Gasteiger partial charge in [-0.2, -0.15) is 0 Å². The molecule has 0 atom stereocenters. The van der Waals surface area contributed by atoms with Crippen molar-refractivity contribution in [2.75, 3.05) is 0 Å². The van der Waals surface area contributed by atoms with Gasteiger partial charge in [0.1, 0.15) is 11.6 Å². The van der Waals surface area contributed by atoms with Gasteiger partial charge in [0.05, 0.1) is 0 Å². The minimum Gasteiger partial charge on any atom is -0.217 e. The molecule has 0 bridgehead atoms. The summed E-state index contributed by atoms with van der Waals surface area (Å²) in [6, 6.07) is 0. The van der Waals surface area contributed by atoms with Gasteiger partial charge in [0, 0.05) is 11.3 Å². The molecule has 0 amide bonds. The molecular formula is C10H16N3. The predicted molar refractivity (Wildman–Crippen MR) is 51.5 cm³/mol. The molecule has 1 aromatic heterocycles. The van der Waals surface area contributed by atoms with Crippen LogP contribution in [-0.4, -0.2) is 15.0 Å². The van der Waals surface area contributed by atoms with Crippen molar-refractivity contribution in [3.63, 3.8) is 0 Å². The van der Waals surface area contributed by atoms with Gasteiger partial charge < -0.3 is 0 Å². The van der Waals surface area contributed by atoms with Crippen LogP contribution in [0.15, 0.2) is 0 Å². The van der Waals surface area contributed by atoms with Crippen LogP contribution in [0.2, 0.25) is 0 Å². The highest BCUT2D eigenvalue weighted by atomic mass is 15.0. The zero-order valence-corrected chi connectivity index (χ0v) is 8.92. The summed E-state index contributed by atoms with van der Waals surface area (Å²) in [6.07, 6.45) is 2.65. The summed E-state index contributed by atoms with van der Waals surface area (Å²) in [5.41, 5.74) is -0.0247. The van der Waals surface area contributed by atoms with Gasteiger partial charge in [0.25, 0.3) is 0 Å². The third kappa shape index (κ3) is 2.47. The predicted octanol–water partition coefficient (Wildman–Crippen LogP) is 2.09. The fraction of sp³-hybridized carbons (Fsp3) is 0.700. The number of hydrogen-bond acceptors (Lipinski definition) is 3. The van der Waals surface area contributed by atoms with E-state index in [-0.39, 0.29) is 5.41 Å². The smallest absolute Gasteiger partial charge is 0.201 e. The van der Waals surface area contributed by atoms with E-state index in [0.29, 0.717) is 5.92 Å². The molecule has 71 valence electrons. The molecule has 3 heteroatoms. The van der Waals surface area contributed by atoms with Crippen LogP contribution in [0.1, 0.15) is 52.2 Å². The van der Waals surface area contributed by atoms with Crippen molar-refractivity contribution in [1.29, 1.82) is 0 Å². The molecule has 0 saturated heterocycles. The topological polar surface area (TPSA) is 38.7 Å². The van der Waals surface area contributed by atoms with Crippen molar-refractivity contribution < 1.29 is 0 Å². The molecule has 0 aliphatic heterocycles. The highest BCUT2D eigenvalue weighted by Gasteiger charge is 2.18. The Morgan fingerprint density at radius 2 is 1.77 bits per heavy atom. The number of hydrogen-bond donors (Lipinski definition) is 0. The van der Waals surface area contributed by atoms with Gasteiger partial charge in [0.2, 0.25) is 6.33 Å². The summed E-state index contributed by atoms with van der Waals surface area (Å²) in [4.78, 5) is 12.4. The second-order valence-electron chi connectivity index (χ2n) is 4.52. The number of rotatable bonds is 1. The van der Waals surface area contributed by atoms with E-state index < -0.39 is 0 Å². The van der Waals surface area contributed by atoms with Crippen LogP contribution in [0.5, 0.6) is 0 Å². The minimum atomic E-state index is -0.0247. The maximum Gasteiger partial charge on any atom is 0.201 e. The van der Waals surface area contributed by atoms with Crippen molar-refractivity contribution in [1.82, 2.24) is 15.0 Å². The first-order valence-electron chi connectivity index (χ1n) is 4.54. The van der Waals surface area contributed by atoms with E-state index in [0.717, 1.165) is 11.6 Å². The number of nitrogens with zero attached hydrogens (tertiary/aromatic N) is 3. The second kappa shape index (κ2) is 3.40. The monoisotopic (exact) mass is 178 g/mol. The molecule has 1 heterocycles. The fourth-order valence-electron chi connectivity index (χ4n) is 0.876. The Morgan fingerprint density at radius 1 is 1.15 bits per heavy atom. The lowest BCUT2D eigenvalue weighted by Gasteiger charge is -2.16. The average molecular weight is 178 g/mol. The van der Waals surface area contributed by atoms with Crippen molar-refractivity contribution in [3.05, 3.63) is 18.0 Å². The quantitative estimate of drug-likeness (QED) is 0.661. The van der Waals surface area contributed by atoms with Gasteiger partial charge >= 0.3 is 0 Å². The molecule has 0 N–H and O–H groups in total. The molecule has 0 spiro atoms. The average Bonchev–Trinajstić information content (AvgIpc) is 2.03. The first-order chi connectivity index (χ1) is 5.91. The highest BCUT2D eigenvalue weighted by molar-refractivity contribution is 5.03. The lowest BCUT2D eigenvalue weighted by Crippen LogP contribution is -2.18. The van der Waals surface area contributed by atoms with Crippen molar-refractivity contribution in [3.8, 4) is 0 Å². The van der Waals surface area contributed by atoms with Crippen LogP contribution in [0, 0.1) is 6.33 Å². The third-order valence-electron chi connectivity index (χ3n) is 1.73. The molecule has 0 unspecified atom stereocenters. The standard InChI is InChI=1S/C10H16N3/c1-7(2)8-11-6-12-9(13-8)10(3,4)5/h7H,1-5H3. The molecule has 13 heavy (non-hydrogen) atoms. The Kier molecular flexibility index (Phi) is 2.64. The highest BCUT2D eigenvalue weighted by Crippen LogP contribution is 2.18. The molecule has 0 aliphatic rings. The van der Waals surface area contributed by atoms with Crippen LogP contribution < -0.4 is 0 Å². The Balaban J connectivity index is 3.06. The lowest BCUT2D eigenvalue weighted by molar-refractivity contribution is 0.530. The van der Waals surface area contributed by atoms with Crippen molar-refractivity contribution >= 4 is 0 Å². The molecule has 0 saturated carbocycles. The first kappa shape index (κ1) is 10.1. The van der Waals surface area contributed by atoms with Gasteiger partial charge in [0.15, 0.2) is 0 Å². The van der Waals surface area contributed by atoms with E-state index in [1.807, 2.05) is 0 Å². The first-order valence-corrected chi connectivity index (χ1v) is 4.54. The second-order valence-corrected chi connectivity index (χ2v) is 4.52. The number of aromatic nitrogens is 3. The lowest BCUT2D eigenvalue weighted by atomic mass is 9.96. The van der Waals surface area contributed by atoms with E-state index in [9.17, 15) is 0 Å². The summed E-state index contributed by atoms with van der Waals surface area (Å²) < 4.78 is 0. The van der Waals surface area contributed by atoms with Crippen molar-refractivity contribution in [2.24, 2.45) is 0 Å². The summed E-state index contributed by atoms with van der Waals surface area (Å²) >= 11 is 0. The summed E-state index contributed by atoms with van der Waals surface area (Å²) in [5.74, 6) is 1.96. The molecule has 1 rings (SSSR count). The SMILES string of the molecule is CC(C)c1n[c]nc(C(C)(C)C)n1. The Bertz CT molecular complexity index is 286. The molecule has 3 nitrogen and oxygen atoms in total. The summed E-state index contributed by atoms with van der Waals surface area (Å²) in [7, 11) is 0. The molecular weight excluding hydrogens is 162 g/mol.